The van der Waals surface area contributed by atoms with Crippen LogP contribution in [0.5, 0.6) is 0 Å². The number of amides is 1. The highest BCUT2D eigenvalue weighted by Crippen LogP contribution is 2.19. The van der Waals surface area contributed by atoms with Crippen molar-refractivity contribution in [3.05, 3.63) is 35.9 Å². The lowest BCUT2D eigenvalue weighted by Crippen LogP contribution is -2.57. The Morgan fingerprint density at radius 2 is 1.89 bits per heavy atom. The van der Waals surface area contributed by atoms with E-state index in [1.165, 1.54) is 0 Å². The molecule has 2 rings (SSSR count). The van der Waals surface area contributed by atoms with Crippen LogP contribution in [0.15, 0.2) is 30.3 Å². The number of hydrogen-bond donors (Lipinski definition) is 2. The number of nitrogens with one attached hydrogen (secondary N) is 1. The van der Waals surface area contributed by atoms with Crippen molar-refractivity contribution >= 4 is 5.91 Å². The molecule has 1 aromatic carbocycles. The van der Waals surface area contributed by atoms with E-state index in [0.717, 1.165) is 18.7 Å². The topological polar surface area (TPSA) is 58.4 Å². The molecule has 3 N–H and O–H groups in total. The molecule has 0 bridgehead atoms. The van der Waals surface area contributed by atoms with Crippen molar-refractivity contribution in [2.75, 3.05) is 19.6 Å². The molecule has 1 aromatic rings. The number of benzene rings is 1. The van der Waals surface area contributed by atoms with Gasteiger partial charge in [-0.25, -0.2) is 0 Å². The second-order valence-electron chi connectivity index (χ2n) is 5.41. The summed E-state index contributed by atoms with van der Waals surface area (Å²) in [6.45, 7) is 6.08. The van der Waals surface area contributed by atoms with Crippen molar-refractivity contribution in [2.24, 2.45) is 5.73 Å². The number of nitrogens with two attached hydrogens (primary N) is 1. The van der Waals surface area contributed by atoms with Crippen LogP contribution in [0.2, 0.25) is 0 Å². The number of piperazine rings is 1. The molecule has 0 saturated carbocycles. The highest BCUT2D eigenvalue weighted by atomic mass is 16.2. The SMILES string of the molecule is C[C@@H]1CN(C(=O)[C@@H](CN)c2ccccc2)C[C@@H](C)N1. The van der Waals surface area contributed by atoms with E-state index in [-0.39, 0.29) is 11.8 Å². The Kier molecular flexibility index (Phi) is 4.56. The fourth-order valence-electron chi connectivity index (χ4n) is 2.79. The molecule has 3 atom stereocenters. The number of carbonyl (C=O) groups is 1. The molecule has 0 aromatic heterocycles. The van der Waals surface area contributed by atoms with E-state index in [1.807, 2.05) is 35.2 Å². The van der Waals surface area contributed by atoms with Crippen LogP contribution in [0.25, 0.3) is 0 Å². The van der Waals surface area contributed by atoms with Crippen LogP contribution in [-0.4, -0.2) is 42.5 Å². The summed E-state index contributed by atoms with van der Waals surface area (Å²) in [7, 11) is 0. The molecular formula is C15H23N3O. The molecule has 1 amide bonds. The van der Waals surface area contributed by atoms with Crippen molar-refractivity contribution in [2.45, 2.75) is 31.8 Å². The zero-order valence-electron chi connectivity index (χ0n) is 11.7. The van der Waals surface area contributed by atoms with E-state index in [0.29, 0.717) is 18.6 Å². The summed E-state index contributed by atoms with van der Waals surface area (Å²) in [6, 6.07) is 10.5. The predicted octanol–water partition coefficient (Wildman–Crippen LogP) is 0.938. The molecule has 1 saturated heterocycles. The predicted molar refractivity (Wildman–Crippen MR) is 76.9 cm³/mol. The first-order valence-corrected chi connectivity index (χ1v) is 6.91. The molecule has 0 aliphatic carbocycles. The van der Waals surface area contributed by atoms with Gasteiger partial charge in [-0.3, -0.25) is 4.79 Å². The normalized spacial score (nSPS) is 25.1. The van der Waals surface area contributed by atoms with Gasteiger partial charge < -0.3 is 16.0 Å². The first-order valence-electron chi connectivity index (χ1n) is 6.91. The quantitative estimate of drug-likeness (QED) is 0.851. The summed E-state index contributed by atoms with van der Waals surface area (Å²) in [4.78, 5) is 14.6. The number of rotatable bonds is 3. The lowest BCUT2D eigenvalue weighted by molar-refractivity contribution is -0.134. The lowest BCUT2D eigenvalue weighted by atomic mass is 9.96. The summed E-state index contributed by atoms with van der Waals surface area (Å²) < 4.78 is 0. The van der Waals surface area contributed by atoms with Crippen LogP contribution in [0, 0.1) is 0 Å². The molecule has 19 heavy (non-hydrogen) atoms. The number of nitrogens with zero attached hydrogens (tertiary/aromatic N) is 1. The summed E-state index contributed by atoms with van der Waals surface area (Å²) >= 11 is 0. The Hall–Kier alpha value is -1.39. The van der Waals surface area contributed by atoms with Gasteiger partial charge in [0.05, 0.1) is 5.92 Å². The van der Waals surface area contributed by atoms with Crippen LogP contribution in [0.3, 0.4) is 0 Å². The van der Waals surface area contributed by atoms with Crippen molar-refractivity contribution in [1.29, 1.82) is 0 Å². The molecule has 1 aliphatic rings. The number of hydrogen-bond acceptors (Lipinski definition) is 3. The summed E-state index contributed by atoms with van der Waals surface area (Å²) in [5.74, 6) is -0.0763. The summed E-state index contributed by atoms with van der Waals surface area (Å²) in [5.41, 5.74) is 6.83. The van der Waals surface area contributed by atoms with Crippen LogP contribution in [0.1, 0.15) is 25.3 Å². The Balaban J connectivity index is 2.13. The molecule has 0 radical (unpaired) electrons. The van der Waals surface area contributed by atoms with Crippen LogP contribution in [-0.2, 0) is 4.79 Å². The summed E-state index contributed by atoms with van der Waals surface area (Å²) in [5, 5.41) is 3.44. The zero-order valence-corrected chi connectivity index (χ0v) is 11.7. The lowest BCUT2D eigenvalue weighted by Gasteiger charge is -2.37. The van der Waals surface area contributed by atoms with Crippen molar-refractivity contribution in [3.8, 4) is 0 Å². The minimum Gasteiger partial charge on any atom is -0.339 e. The number of carbonyl (C=O) groups excluding carboxylic acids is 1. The Morgan fingerprint density at radius 1 is 1.32 bits per heavy atom. The molecule has 1 aliphatic heterocycles. The zero-order chi connectivity index (χ0) is 13.8. The van der Waals surface area contributed by atoms with E-state index in [1.54, 1.807) is 0 Å². The third-order valence-corrected chi connectivity index (χ3v) is 3.60. The molecule has 4 heteroatoms. The van der Waals surface area contributed by atoms with Gasteiger partial charge in [0.2, 0.25) is 5.91 Å². The van der Waals surface area contributed by atoms with Gasteiger partial charge in [0, 0.05) is 31.7 Å². The Morgan fingerprint density at radius 3 is 2.42 bits per heavy atom. The monoisotopic (exact) mass is 261 g/mol. The van der Waals surface area contributed by atoms with E-state index >= 15 is 0 Å². The van der Waals surface area contributed by atoms with Gasteiger partial charge in [-0.1, -0.05) is 30.3 Å². The van der Waals surface area contributed by atoms with Crippen molar-refractivity contribution in [3.63, 3.8) is 0 Å². The van der Waals surface area contributed by atoms with Gasteiger partial charge in [0.15, 0.2) is 0 Å². The average molecular weight is 261 g/mol. The minimum atomic E-state index is -0.223. The molecule has 4 nitrogen and oxygen atoms in total. The van der Waals surface area contributed by atoms with Crippen LogP contribution < -0.4 is 11.1 Å². The van der Waals surface area contributed by atoms with Crippen LogP contribution >= 0.6 is 0 Å². The second-order valence-corrected chi connectivity index (χ2v) is 5.41. The van der Waals surface area contributed by atoms with Gasteiger partial charge in [0.1, 0.15) is 0 Å². The molecule has 1 heterocycles. The second kappa shape index (κ2) is 6.17. The molecule has 0 spiro atoms. The highest BCUT2D eigenvalue weighted by molar-refractivity contribution is 5.84. The molecular weight excluding hydrogens is 238 g/mol. The minimum absolute atomic E-state index is 0.147. The average Bonchev–Trinajstić information content (AvgIpc) is 2.39. The van der Waals surface area contributed by atoms with Gasteiger partial charge in [-0.2, -0.15) is 0 Å². The fourth-order valence-corrected chi connectivity index (χ4v) is 2.79. The van der Waals surface area contributed by atoms with E-state index in [4.69, 9.17) is 5.73 Å². The fraction of sp³-hybridized carbons (Fsp3) is 0.533. The molecule has 0 unspecified atom stereocenters. The first-order chi connectivity index (χ1) is 9.11. The largest absolute Gasteiger partial charge is 0.339 e. The molecule has 1 fully saturated rings. The first kappa shape index (κ1) is 14.0. The third kappa shape index (κ3) is 3.33. The van der Waals surface area contributed by atoms with E-state index in [9.17, 15) is 4.79 Å². The Labute approximate surface area is 115 Å². The van der Waals surface area contributed by atoms with Crippen molar-refractivity contribution in [1.82, 2.24) is 10.2 Å². The maximum atomic E-state index is 12.6. The highest BCUT2D eigenvalue weighted by Gasteiger charge is 2.29. The maximum absolute atomic E-state index is 12.6. The standard InChI is InChI=1S/C15H23N3O/c1-11-9-18(10-12(2)17-11)15(19)14(8-16)13-6-4-3-5-7-13/h3-7,11-12,14,17H,8-10,16H2,1-2H3/t11-,12-,14+/m1/s1. The Bertz CT molecular complexity index is 411. The summed E-state index contributed by atoms with van der Waals surface area (Å²) in [6.07, 6.45) is 0. The smallest absolute Gasteiger partial charge is 0.231 e. The van der Waals surface area contributed by atoms with Crippen LogP contribution in [0.4, 0.5) is 0 Å². The van der Waals surface area contributed by atoms with Gasteiger partial charge in [0.25, 0.3) is 0 Å². The third-order valence-electron chi connectivity index (χ3n) is 3.60. The van der Waals surface area contributed by atoms with Crippen molar-refractivity contribution < 1.29 is 4.79 Å². The van der Waals surface area contributed by atoms with Gasteiger partial charge >= 0.3 is 0 Å². The van der Waals surface area contributed by atoms with Gasteiger partial charge in [-0.05, 0) is 19.4 Å². The van der Waals surface area contributed by atoms with E-state index in [2.05, 4.69) is 19.2 Å². The molecule has 104 valence electrons. The van der Waals surface area contributed by atoms with E-state index < -0.39 is 0 Å². The maximum Gasteiger partial charge on any atom is 0.231 e. The van der Waals surface area contributed by atoms with Gasteiger partial charge in [-0.15, -0.1) is 0 Å².